The number of aromatic amines is 1. The standard InChI is InChI=1S/C13H17N5O8/c1-5(19)24-4-8-7(25-6(2)20)3-9(26-8)17-11(21)16-12(22)18(10(14)15)13(17)23/h7-9H,3-4H2,1-2H3,(H3,14,15)(H,16,21,22)/t7-,8+,9+/m0/s1. The molecule has 1 aliphatic heterocycles. The van der Waals surface area contributed by atoms with Gasteiger partial charge in [0.2, 0.25) is 5.96 Å². The van der Waals surface area contributed by atoms with Crippen molar-refractivity contribution in [1.29, 1.82) is 5.41 Å². The van der Waals surface area contributed by atoms with Crippen LogP contribution in [0, 0.1) is 5.41 Å². The van der Waals surface area contributed by atoms with Crippen molar-refractivity contribution in [3.63, 3.8) is 0 Å². The molecule has 2 heterocycles. The molecule has 1 aliphatic rings. The zero-order chi connectivity index (χ0) is 19.6. The highest BCUT2D eigenvalue weighted by Crippen LogP contribution is 2.29. The van der Waals surface area contributed by atoms with E-state index in [1.807, 2.05) is 4.98 Å². The summed E-state index contributed by atoms with van der Waals surface area (Å²) in [6.07, 6.45) is -3.19. The van der Waals surface area contributed by atoms with Crippen LogP contribution in [0.15, 0.2) is 14.4 Å². The molecule has 0 aromatic carbocycles. The van der Waals surface area contributed by atoms with Gasteiger partial charge in [0, 0.05) is 20.3 Å². The zero-order valence-corrected chi connectivity index (χ0v) is 13.9. The van der Waals surface area contributed by atoms with Crippen molar-refractivity contribution in [3.05, 3.63) is 31.5 Å². The topological polar surface area (TPSA) is 189 Å². The number of carbonyl (C=O) groups excluding carboxylic acids is 2. The normalized spacial score (nSPS) is 22.0. The van der Waals surface area contributed by atoms with Gasteiger partial charge in [0.15, 0.2) is 0 Å². The SMILES string of the molecule is CC(=O)OC[C@H]1O[C@@H](n2c(=O)[nH]c(=O)n(C(=N)N)c2=O)C[C@@H]1OC(C)=O. The van der Waals surface area contributed by atoms with E-state index in [1.54, 1.807) is 0 Å². The minimum atomic E-state index is -1.23. The molecule has 0 bridgehead atoms. The summed E-state index contributed by atoms with van der Waals surface area (Å²) in [7, 11) is 0. The summed E-state index contributed by atoms with van der Waals surface area (Å²) < 4.78 is 16.2. The third-order valence-electron chi connectivity index (χ3n) is 3.51. The number of ether oxygens (including phenoxy) is 3. The number of nitrogens with zero attached hydrogens (tertiary/aromatic N) is 2. The van der Waals surface area contributed by atoms with Gasteiger partial charge in [0.25, 0.3) is 0 Å². The predicted octanol–water partition coefficient (Wildman–Crippen LogP) is -2.78. The second-order valence-corrected chi connectivity index (χ2v) is 5.42. The number of nitrogen functional groups attached to an aromatic ring is 1. The van der Waals surface area contributed by atoms with E-state index in [2.05, 4.69) is 0 Å². The molecule has 0 aliphatic carbocycles. The quantitative estimate of drug-likeness (QED) is 0.285. The largest absolute Gasteiger partial charge is 0.463 e. The van der Waals surface area contributed by atoms with Crippen molar-refractivity contribution < 1.29 is 23.8 Å². The van der Waals surface area contributed by atoms with Crippen molar-refractivity contribution in [2.45, 2.75) is 38.7 Å². The van der Waals surface area contributed by atoms with Crippen LogP contribution in [0.1, 0.15) is 26.5 Å². The van der Waals surface area contributed by atoms with Crippen LogP contribution in [0.5, 0.6) is 0 Å². The maximum atomic E-state index is 12.4. The molecule has 2 rings (SSSR count). The average molecular weight is 371 g/mol. The molecular formula is C13H17N5O8. The van der Waals surface area contributed by atoms with Crippen LogP contribution in [0.2, 0.25) is 0 Å². The third-order valence-corrected chi connectivity index (χ3v) is 3.51. The molecule has 1 fully saturated rings. The number of nitrogens with two attached hydrogens (primary N) is 1. The fourth-order valence-corrected chi connectivity index (χ4v) is 2.50. The zero-order valence-electron chi connectivity index (χ0n) is 13.9. The molecular weight excluding hydrogens is 354 g/mol. The lowest BCUT2D eigenvalue weighted by Gasteiger charge is -2.17. The summed E-state index contributed by atoms with van der Waals surface area (Å²) in [4.78, 5) is 60.1. The van der Waals surface area contributed by atoms with Gasteiger partial charge in [0.1, 0.15) is 25.0 Å². The Balaban J connectivity index is 2.41. The first-order chi connectivity index (χ1) is 12.1. The highest BCUT2D eigenvalue weighted by atomic mass is 16.6. The number of hydrogen-bond donors (Lipinski definition) is 3. The van der Waals surface area contributed by atoms with E-state index in [0.29, 0.717) is 4.57 Å². The minimum absolute atomic E-state index is 0.120. The first-order valence-corrected chi connectivity index (χ1v) is 7.40. The second-order valence-electron chi connectivity index (χ2n) is 5.42. The Kier molecular flexibility index (Phi) is 5.40. The molecule has 0 unspecified atom stereocenters. The Morgan fingerprint density at radius 3 is 2.46 bits per heavy atom. The Morgan fingerprint density at radius 2 is 1.92 bits per heavy atom. The van der Waals surface area contributed by atoms with Crippen molar-refractivity contribution in [3.8, 4) is 0 Å². The van der Waals surface area contributed by atoms with E-state index in [9.17, 15) is 24.0 Å². The van der Waals surface area contributed by atoms with Gasteiger partial charge in [-0.25, -0.2) is 19.0 Å². The average Bonchev–Trinajstić information content (AvgIpc) is 2.85. The summed E-state index contributed by atoms with van der Waals surface area (Å²) >= 11 is 0. The van der Waals surface area contributed by atoms with Gasteiger partial charge < -0.3 is 19.9 Å². The summed E-state index contributed by atoms with van der Waals surface area (Å²) in [5, 5.41) is 7.28. The van der Waals surface area contributed by atoms with E-state index in [4.69, 9.17) is 25.4 Å². The molecule has 1 saturated heterocycles. The highest BCUT2D eigenvalue weighted by Gasteiger charge is 2.40. The molecule has 142 valence electrons. The van der Waals surface area contributed by atoms with E-state index < -0.39 is 53.4 Å². The molecule has 4 N–H and O–H groups in total. The van der Waals surface area contributed by atoms with E-state index in [-0.39, 0.29) is 17.6 Å². The molecule has 0 saturated carbocycles. The number of hydrogen-bond acceptors (Lipinski definition) is 9. The fourth-order valence-electron chi connectivity index (χ4n) is 2.50. The molecule has 0 spiro atoms. The van der Waals surface area contributed by atoms with Crippen LogP contribution in [0.3, 0.4) is 0 Å². The van der Waals surface area contributed by atoms with E-state index in [1.165, 1.54) is 6.92 Å². The highest BCUT2D eigenvalue weighted by molar-refractivity contribution is 5.76. The Morgan fingerprint density at radius 1 is 1.27 bits per heavy atom. The first kappa shape index (κ1) is 19.1. The molecule has 0 amide bonds. The van der Waals surface area contributed by atoms with Gasteiger partial charge >= 0.3 is 29.0 Å². The second kappa shape index (κ2) is 7.35. The number of aromatic nitrogens is 3. The summed E-state index contributed by atoms with van der Waals surface area (Å²) in [5.41, 5.74) is 1.73. The number of nitrogens with one attached hydrogen (secondary N) is 2. The smallest absolute Gasteiger partial charge is 0.345 e. The van der Waals surface area contributed by atoms with Gasteiger partial charge in [-0.3, -0.25) is 20.0 Å². The maximum Gasteiger partial charge on any atom is 0.345 e. The Labute approximate surface area is 144 Å². The number of esters is 2. The van der Waals surface area contributed by atoms with Gasteiger partial charge in [-0.05, 0) is 0 Å². The van der Waals surface area contributed by atoms with Gasteiger partial charge in [0.05, 0.1) is 0 Å². The fraction of sp³-hybridized carbons (Fsp3) is 0.538. The van der Waals surface area contributed by atoms with Crippen molar-refractivity contribution in [2.75, 3.05) is 6.61 Å². The van der Waals surface area contributed by atoms with Gasteiger partial charge in [-0.2, -0.15) is 4.57 Å². The van der Waals surface area contributed by atoms with Crippen LogP contribution >= 0.6 is 0 Å². The summed E-state index contributed by atoms with van der Waals surface area (Å²) in [6.45, 7) is 2.05. The van der Waals surface area contributed by atoms with E-state index in [0.717, 1.165) is 6.92 Å². The van der Waals surface area contributed by atoms with Crippen LogP contribution in [0.4, 0.5) is 0 Å². The lowest BCUT2D eigenvalue weighted by Crippen LogP contribution is -2.54. The summed E-state index contributed by atoms with van der Waals surface area (Å²) in [5.74, 6) is -2.13. The van der Waals surface area contributed by atoms with Crippen molar-refractivity contribution >= 4 is 17.9 Å². The molecule has 13 heteroatoms. The molecule has 0 radical (unpaired) electrons. The molecule has 1 aromatic heterocycles. The van der Waals surface area contributed by atoms with Gasteiger partial charge in [-0.15, -0.1) is 0 Å². The molecule has 3 atom stereocenters. The molecule has 1 aromatic rings. The summed E-state index contributed by atoms with van der Waals surface area (Å²) in [6, 6.07) is 0. The lowest BCUT2D eigenvalue weighted by atomic mass is 10.2. The van der Waals surface area contributed by atoms with Crippen LogP contribution in [0.25, 0.3) is 0 Å². The molecule has 13 nitrogen and oxygen atoms in total. The maximum absolute atomic E-state index is 12.4. The van der Waals surface area contributed by atoms with Crippen LogP contribution < -0.4 is 22.8 Å². The number of H-pyrrole nitrogens is 1. The third kappa shape index (κ3) is 3.88. The van der Waals surface area contributed by atoms with Crippen molar-refractivity contribution in [1.82, 2.24) is 14.1 Å². The minimum Gasteiger partial charge on any atom is -0.463 e. The van der Waals surface area contributed by atoms with Crippen LogP contribution in [-0.4, -0.2) is 50.8 Å². The molecule has 26 heavy (non-hydrogen) atoms. The van der Waals surface area contributed by atoms with Gasteiger partial charge in [-0.1, -0.05) is 0 Å². The monoisotopic (exact) mass is 371 g/mol. The Bertz CT molecular complexity index is 912. The number of carbonyl (C=O) groups is 2. The first-order valence-electron chi connectivity index (χ1n) is 7.40. The predicted molar refractivity (Wildman–Crippen MR) is 83.6 cm³/mol. The lowest BCUT2D eigenvalue weighted by molar-refractivity contribution is -0.155. The number of rotatable bonds is 4. The Hall–Kier alpha value is -3.22. The van der Waals surface area contributed by atoms with Crippen LogP contribution in [-0.2, 0) is 23.8 Å². The van der Waals surface area contributed by atoms with E-state index >= 15 is 0 Å². The van der Waals surface area contributed by atoms with Crippen molar-refractivity contribution in [2.24, 2.45) is 5.73 Å².